The Morgan fingerprint density at radius 3 is 2.68 bits per heavy atom. The number of hydrogen-bond acceptors (Lipinski definition) is 6. The number of anilines is 3. The first kappa shape index (κ1) is 20.7. The molecule has 4 rings (SSSR count). The molecule has 0 aromatic carbocycles. The third kappa shape index (κ3) is 4.47. The second-order valence-corrected chi connectivity index (χ2v) is 7.57. The molecule has 0 aliphatic carbocycles. The first-order valence-corrected chi connectivity index (χ1v) is 10.0. The minimum atomic E-state index is -3.02. The van der Waals surface area contributed by atoms with Crippen LogP contribution in [-0.4, -0.2) is 35.1 Å². The van der Waals surface area contributed by atoms with Gasteiger partial charge in [0.2, 0.25) is 0 Å². The summed E-state index contributed by atoms with van der Waals surface area (Å²) in [5.74, 6) is -0.968. The first-order chi connectivity index (χ1) is 14.8. The minimum Gasteiger partial charge on any atom is -0.372 e. The van der Waals surface area contributed by atoms with Crippen molar-refractivity contribution in [2.45, 2.75) is 19.3 Å². The zero-order valence-electron chi connectivity index (χ0n) is 17.5. The largest absolute Gasteiger partial charge is 0.372 e. The molecule has 0 unspecified atom stereocenters. The van der Waals surface area contributed by atoms with E-state index < -0.39 is 5.92 Å². The zero-order chi connectivity index (χ0) is 22.0. The van der Waals surface area contributed by atoms with Crippen LogP contribution in [0.2, 0.25) is 0 Å². The average molecular weight is 422 g/mol. The lowest BCUT2D eigenvalue weighted by Gasteiger charge is -2.27. The van der Waals surface area contributed by atoms with Crippen LogP contribution in [0.25, 0.3) is 11.3 Å². The molecule has 6 nitrogen and oxygen atoms in total. The summed E-state index contributed by atoms with van der Waals surface area (Å²) in [7, 11) is 2.01. The molecule has 1 aliphatic rings. The molecule has 0 bridgehead atoms. The first-order valence-electron chi connectivity index (χ1n) is 10.0. The highest BCUT2D eigenvalue weighted by Gasteiger charge is 2.27. The van der Waals surface area contributed by atoms with Crippen molar-refractivity contribution in [1.82, 2.24) is 15.0 Å². The lowest BCUT2D eigenvalue weighted by molar-refractivity contribution is 0.0128. The van der Waals surface area contributed by atoms with Crippen LogP contribution in [0.1, 0.15) is 19.0 Å². The van der Waals surface area contributed by atoms with E-state index in [0.717, 1.165) is 25.6 Å². The van der Waals surface area contributed by atoms with Crippen LogP contribution in [0.15, 0.2) is 67.3 Å². The van der Waals surface area contributed by atoms with E-state index in [9.17, 15) is 8.78 Å². The number of aromatic nitrogens is 3. The molecule has 3 aromatic heterocycles. The van der Waals surface area contributed by atoms with Crippen LogP contribution in [-0.2, 0) is 5.92 Å². The van der Waals surface area contributed by atoms with Crippen molar-refractivity contribution in [3.63, 3.8) is 0 Å². The maximum Gasteiger partial charge on any atom is 0.286 e. The molecule has 160 valence electrons. The van der Waals surface area contributed by atoms with E-state index in [1.165, 1.54) is 12.3 Å². The highest BCUT2D eigenvalue weighted by molar-refractivity contribution is 5.75. The number of halogens is 2. The standard InChI is InChI=1S/C23H24F2N6/c1-16(28-21-7-4-5-11-27-21)31-14-6-13-30(3)19-9-8-18(29-22(19)31)17-10-12-26-20(15-17)23(2,24)25/h4-5,7-12,15H,1,6,13-14H2,2-3H3,(H,27,28). The molecule has 4 heterocycles. The van der Waals surface area contributed by atoms with Gasteiger partial charge in [0, 0.05) is 45.0 Å². The maximum atomic E-state index is 13.8. The van der Waals surface area contributed by atoms with E-state index in [-0.39, 0.29) is 5.69 Å². The fourth-order valence-electron chi connectivity index (χ4n) is 3.54. The van der Waals surface area contributed by atoms with Gasteiger partial charge in [-0.15, -0.1) is 0 Å². The molecule has 31 heavy (non-hydrogen) atoms. The topological polar surface area (TPSA) is 57.2 Å². The summed E-state index contributed by atoms with van der Waals surface area (Å²) in [5.41, 5.74) is 1.85. The summed E-state index contributed by atoms with van der Waals surface area (Å²) in [4.78, 5) is 17.1. The highest BCUT2D eigenvalue weighted by Crippen LogP contribution is 2.35. The molecular formula is C23H24F2N6. The summed E-state index contributed by atoms with van der Waals surface area (Å²) in [6.07, 6.45) is 4.01. The van der Waals surface area contributed by atoms with E-state index in [4.69, 9.17) is 4.98 Å². The van der Waals surface area contributed by atoms with Crippen molar-refractivity contribution in [2.24, 2.45) is 0 Å². The summed E-state index contributed by atoms with van der Waals surface area (Å²) < 4.78 is 27.6. The fraction of sp³-hybridized carbons (Fsp3) is 0.261. The number of pyridine rings is 3. The summed E-state index contributed by atoms with van der Waals surface area (Å²) in [6, 6.07) is 12.5. The van der Waals surface area contributed by atoms with Crippen LogP contribution in [0.4, 0.5) is 26.1 Å². The molecule has 1 N–H and O–H groups in total. The smallest absolute Gasteiger partial charge is 0.286 e. The summed E-state index contributed by atoms with van der Waals surface area (Å²) in [5, 5.41) is 3.24. The molecular weight excluding hydrogens is 398 g/mol. The molecule has 0 spiro atoms. The molecule has 3 aromatic rings. The summed E-state index contributed by atoms with van der Waals surface area (Å²) >= 11 is 0. The van der Waals surface area contributed by atoms with Crippen molar-refractivity contribution in [2.75, 3.05) is 35.3 Å². The van der Waals surface area contributed by atoms with Gasteiger partial charge >= 0.3 is 0 Å². The zero-order valence-corrected chi connectivity index (χ0v) is 17.5. The van der Waals surface area contributed by atoms with Gasteiger partial charge < -0.3 is 15.1 Å². The fourth-order valence-corrected chi connectivity index (χ4v) is 3.54. The van der Waals surface area contributed by atoms with Crippen molar-refractivity contribution < 1.29 is 8.78 Å². The van der Waals surface area contributed by atoms with E-state index >= 15 is 0 Å². The maximum absolute atomic E-state index is 13.8. The lowest BCUT2D eigenvalue weighted by atomic mass is 10.1. The van der Waals surface area contributed by atoms with Gasteiger partial charge in [-0.1, -0.05) is 12.6 Å². The van der Waals surface area contributed by atoms with Crippen LogP contribution in [0, 0.1) is 0 Å². The molecule has 0 atom stereocenters. The van der Waals surface area contributed by atoms with E-state index in [1.807, 2.05) is 42.3 Å². The molecule has 0 radical (unpaired) electrons. The predicted molar refractivity (Wildman–Crippen MR) is 119 cm³/mol. The minimum absolute atomic E-state index is 0.281. The quantitative estimate of drug-likeness (QED) is 0.633. The van der Waals surface area contributed by atoms with Crippen LogP contribution in [0.5, 0.6) is 0 Å². The van der Waals surface area contributed by atoms with Crippen LogP contribution in [0.3, 0.4) is 0 Å². The van der Waals surface area contributed by atoms with Gasteiger partial charge in [-0.05, 0) is 42.8 Å². The predicted octanol–water partition coefficient (Wildman–Crippen LogP) is 4.88. The van der Waals surface area contributed by atoms with Gasteiger partial charge in [-0.3, -0.25) is 4.98 Å². The second kappa shape index (κ2) is 8.29. The summed E-state index contributed by atoms with van der Waals surface area (Å²) in [6.45, 7) is 6.61. The Morgan fingerprint density at radius 1 is 1.10 bits per heavy atom. The average Bonchev–Trinajstić information content (AvgIpc) is 2.92. The van der Waals surface area contributed by atoms with Gasteiger partial charge in [0.1, 0.15) is 17.3 Å². The molecule has 0 fully saturated rings. The lowest BCUT2D eigenvalue weighted by Crippen LogP contribution is -2.28. The SMILES string of the molecule is C=C(Nc1ccccn1)N1CCCN(C)c2ccc(-c3ccnc(C(C)(F)F)c3)nc21. The van der Waals surface area contributed by atoms with Gasteiger partial charge in [0.05, 0.1) is 11.4 Å². The number of alkyl halides is 2. The number of nitrogens with zero attached hydrogens (tertiary/aromatic N) is 5. The second-order valence-electron chi connectivity index (χ2n) is 7.57. The normalized spacial score (nSPS) is 14.1. The van der Waals surface area contributed by atoms with Gasteiger partial charge in [0.25, 0.3) is 5.92 Å². The van der Waals surface area contributed by atoms with Crippen LogP contribution < -0.4 is 15.1 Å². The van der Waals surface area contributed by atoms with Crippen molar-refractivity contribution in [3.8, 4) is 11.3 Å². The molecule has 8 heteroatoms. The van der Waals surface area contributed by atoms with Crippen molar-refractivity contribution in [1.29, 1.82) is 0 Å². The highest BCUT2D eigenvalue weighted by atomic mass is 19.3. The van der Waals surface area contributed by atoms with Crippen molar-refractivity contribution in [3.05, 3.63) is 73.0 Å². The Balaban J connectivity index is 1.73. The molecule has 0 amide bonds. The van der Waals surface area contributed by atoms with Crippen molar-refractivity contribution >= 4 is 17.3 Å². The Hall–Kier alpha value is -3.55. The van der Waals surface area contributed by atoms with Gasteiger partial charge in [-0.2, -0.15) is 8.78 Å². The Labute approximate surface area is 180 Å². The third-order valence-corrected chi connectivity index (χ3v) is 5.17. The van der Waals surface area contributed by atoms with Gasteiger partial charge in [0.15, 0.2) is 5.82 Å². The molecule has 0 saturated carbocycles. The van der Waals surface area contributed by atoms with E-state index in [1.54, 1.807) is 12.3 Å². The van der Waals surface area contributed by atoms with Gasteiger partial charge in [-0.25, -0.2) is 9.97 Å². The Bertz CT molecular complexity index is 1080. The van der Waals surface area contributed by atoms with Crippen LogP contribution >= 0.6 is 0 Å². The Morgan fingerprint density at radius 2 is 1.94 bits per heavy atom. The number of hydrogen-bond donors (Lipinski definition) is 1. The molecule has 1 aliphatic heterocycles. The number of rotatable bonds is 5. The van der Waals surface area contributed by atoms with E-state index in [2.05, 4.69) is 26.8 Å². The number of nitrogens with one attached hydrogen (secondary N) is 1. The van der Waals surface area contributed by atoms with E-state index in [0.29, 0.717) is 35.3 Å². The third-order valence-electron chi connectivity index (χ3n) is 5.17. The Kier molecular flexibility index (Phi) is 5.54. The molecule has 0 saturated heterocycles. The number of fused-ring (bicyclic) bond motifs is 1. The monoisotopic (exact) mass is 422 g/mol.